The molecule has 2 rings (SSSR count). The number of methoxy groups -OCH3 is 1. The summed E-state index contributed by atoms with van der Waals surface area (Å²) in [5.41, 5.74) is 0.157. The topological polar surface area (TPSA) is 125 Å². The summed E-state index contributed by atoms with van der Waals surface area (Å²) in [6, 6.07) is 17.5. The number of nitrogens with one attached hydrogen (secondary N) is 1. The van der Waals surface area contributed by atoms with Crippen molar-refractivity contribution in [2.24, 2.45) is 0 Å². The van der Waals surface area contributed by atoms with E-state index in [9.17, 15) is 23.1 Å². The first-order chi connectivity index (χ1) is 16.9. The first-order valence-corrected chi connectivity index (χ1v) is 12.8. The third kappa shape index (κ3) is 7.76. The molecule has 0 aromatic heterocycles. The molecule has 0 heterocycles. The first kappa shape index (κ1) is 29.2. The minimum atomic E-state index is -4.17. The average Bonchev–Trinajstić information content (AvgIpc) is 2.87. The molecule has 0 bridgehead atoms. The first-order valence-electron chi connectivity index (χ1n) is 11.4. The molecule has 0 aliphatic carbocycles. The molecule has 2 aromatic carbocycles. The van der Waals surface area contributed by atoms with E-state index in [0.717, 1.165) is 19.7 Å². The van der Waals surface area contributed by atoms with Gasteiger partial charge in [0.2, 0.25) is 0 Å². The van der Waals surface area contributed by atoms with Crippen LogP contribution in [0, 0.1) is 0 Å². The number of benzene rings is 2. The van der Waals surface area contributed by atoms with Crippen molar-refractivity contribution in [2.45, 2.75) is 44.6 Å². The molecule has 0 saturated heterocycles. The maximum Gasteiger partial charge on any atom is 0.407 e. The third-order valence-corrected chi connectivity index (χ3v) is 8.02. The number of ether oxygens (including phenoxy) is 2. The molecule has 1 amide bonds. The molecule has 0 spiro atoms. The van der Waals surface area contributed by atoms with Gasteiger partial charge in [0.15, 0.2) is 0 Å². The van der Waals surface area contributed by atoms with Crippen LogP contribution in [0.2, 0.25) is 0 Å². The predicted molar refractivity (Wildman–Crippen MR) is 135 cm³/mol. The molecule has 0 saturated carbocycles. The van der Waals surface area contributed by atoms with Crippen LogP contribution in [0.15, 0.2) is 60.7 Å². The van der Waals surface area contributed by atoms with Crippen LogP contribution in [0.4, 0.5) is 4.79 Å². The Morgan fingerprint density at radius 1 is 1.00 bits per heavy atom. The highest BCUT2D eigenvalue weighted by molar-refractivity contribution is 7.86. The molecule has 0 aliphatic heterocycles. The second kappa shape index (κ2) is 12.8. The van der Waals surface area contributed by atoms with E-state index in [1.165, 1.54) is 35.1 Å². The lowest BCUT2D eigenvalue weighted by molar-refractivity contribution is -0.149. The van der Waals surface area contributed by atoms with Crippen molar-refractivity contribution in [3.05, 3.63) is 71.8 Å². The summed E-state index contributed by atoms with van der Waals surface area (Å²) in [6.07, 6.45) is -1.79. The largest absolute Gasteiger partial charge is 0.468 e. The van der Waals surface area contributed by atoms with Crippen LogP contribution in [0.25, 0.3) is 0 Å². The number of nitrogens with zero attached hydrogens (tertiary/aromatic N) is 2. The van der Waals surface area contributed by atoms with Crippen molar-refractivity contribution in [1.29, 1.82) is 0 Å². The molecule has 11 heteroatoms. The van der Waals surface area contributed by atoms with Crippen molar-refractivity contribution in [3.63, 3.8) is 0 Å². The number of likely N-dealkylation sites (N-methyl/N-ethyl adjacent to an activating group) is 2. The van der Waals surface area contributed by atoms with Crippen molar-refractivity contribution in [2.75, 3.05) is 27.7 Å². The number of alkyl carbamates (subject to hydrolysis) is 1. The van der Waals surface area contributed by atoms with E-state index in [0.29, 0.717) is 0 Å². The van der Waals surface area contributed by atoms with Gasteiger partial charge in [-0.1, -0.05) is 60.7 Å². The number of esters is 1. The molecule has 36 heavy (non-hydrogen) atoms. The summed E-state index contributed by atoms with van der Waals surface area (Å²) in [7, 11) is -0.444. The summed E-state index contributed by atoms with van der Waals surface area (Å²) in [5, 5.41) is 13.7. The second-order valence-corrected chi connectivity index (χ2v) is 10.9. The normalized spacial score (nSPS) is 13.8. The monoisotopic (exact) mass is 521 g/mol. The lowest BCUT2D eigenvalue weighted by Crippen LogP contribution is -2.57. The van der Waals surface area contributed by atoms with Gasteiger partial charge in [-0.25, -0.2) is 4.79 Å². The summed E-state index contributed by atoms with van der Waals surface area (Å²) in [4.78, 5) is 24.6. The van der Waals surface area contributed by atoms with Crippen LogP contribution in [-0.2, 0) is 37.5 Å². The van der Waals surface area contributed by atoms with Crippen LogP contribution in [0.3, 0.4) is 0 Å². The van der Waals surface area contributed by atoms with Gasteiger partial charge in [-0.15, -0.1) is 0 Å². The van der Waals surface area contributed by atoms with Crippen LogP contribution in [0.5, 0.6) is 0 Å². The van der Waals surface area contributed by atoms with E-state index in [-0.39, 0.29) is 19.6 Å². The zero-order chi connectivity index (χ0) is 26.9. The smallest absolute Gasteiger partial charge is 0.407 e. The Bertz CT molecular complexity index is 1100. The summed E-state index contributed by atoms with van der Waals surface area (Å²) < 4.78 is 38.1. The van der Waals surface area contributed by atoms with Crippen molar-refractivity contribution >= 4 is 22.3 Å². The number of amides is 1. The number of carbonyl (C=O) groups is 2. The molecule has 0 aliphatic rings. The van der Waals surface area contributed by atoms with E-state index >= 15 is 0 Å². The number of carbonyl (C=O) groups excluding carboxylic acids is 2. The fraction of sp³-hybridized carbons (Fsp3) is 0.440. The van der Waals surface area contributed by atoms with E-state index in [1.807, 2.05) is 60.7 Å². The SMILES string of the molecule is COC(=O)C(C)(C)N(C)S(=O)(=O)N(C)C[C@@H](O)[C@H](Cc1ccccc1)NC(=O)OCc1ccccc1. The van der Waals surface area contributed by atoms with Gasteiger partial charge in [-0.2, -0.15) is 17.0 Å². The highest BCUT2D eigenvalue weighted by Gasteiger charge is 2.42. The van der Waals surface area contributed by atoms with Gasteiger partial charge in [0.25, 0.3) is 10.2 Å². The Labute approximate surface area is 213 Å². The molecule has 0 fully saturated rings. The lowest BCUT2D eigenvalue weighted by atomic mass is 10.0. The molecule has 0 unspecified atom stereocenters. The minimum Gasteiger partial charge on any atom is -0.468 e. The zero-order valence-electron chi connectivity index (χ0n) is 21.2. The number of aliphatic hydroxyl groups excluding tert-OH is 1. The predicted octanol–water partition coefficient (Wildman–Crippen LogP) is 1.95. The Kier molecular flexibility index (Phi) is 10.4. The molecule has 0 radical (unpaired) electrons. The van der Waals surface area contributed by atoms with Crippen LogP contribution >= 0.6 is 0 Å². The quantitative estimate of drug-likeness (QED) is 0.409. The number of rotatable bonds is 12. The molecular weight excluding hydrogens is 486 g/mol. The highest BCUT2D eigenvalue weighted by atomic mass is 32.2. The second-order valence-electron chi connectivity index (χ2n) is 8.88. The Morgan fingerprint density at radius 2 is 1.53 bits per heavy atom. The summed E-state index contributed by atoms with van der Waals surface area (Å²) >= 11 is 0. The molecular formula is C25H35N3O7S. The van der Waals surface area contributed by atoms with Crippen molar-refractivity contribution in [3.8, 4) is 0 Å². The maximum atomic E-state index is 13.1. The van der Waals surface area contributed by atoms with E-state index in [2.05, 4.69) is 5.32 Å². The lowest BCUT2D eigenvalue weighted by Gasteiger charge is -2.35. The standard InChI is InChI=1S/C25H35N3O7S/c1-25(2,23(30)34-5)28(4)36(32,33)27(3)17-22(29)21(16-19-12-8-6-9-13-19)26-24(31)35-18-20-14-10-7-11-15-20/h6-15,21-22,29H,16-18H2,1-5H3,(H,26,31)/t21-,22+/m0/s1. The van der Waals surface area contributed by atoms with Gasteiger partial charge in [0, 0.05) is 20.6 Å². The third-order valence-electron chi connectivity index (χ3n) is 5.94. The fourth-order valence-corrected chi connectivity index (χ4v) is 4.84. The number of hydrogen-bond donors (Lipinski definition) is 2. The van der Waals surface area contributed by atoms with Gasteiger partial charge in [0.05, 0.1) is 19.3 Å². The van der Waals surface area contributed by atoms with Crippen molar-refractivity contribution in [1.82, 2.24) is 13.9 Å². The van der Waals surface area contributed by atoms with Gasteiger partial charge in [-0.3, -0.25) is 4.79 Å². The van der Waals surface area contributed by atoms with Crippen molar-refractivity contribution < 1.29 is 32.6 Å². The van der Waals surface area contributed by atoms with Gasteiger partial charge in [-0.05, 0) is 31.4 Å². The fourth-order valence-electron chi connectivity index (χ4n) is 3.43. The summed E-state index contributed by atoms with van der Waals surface area (Å²) in [6.45, 7) is 2.54. The van der Waals surface area contributed by atoms with E-state index < -0.39 is 40.0 Å². The van der Waals surface area contributed by atoms with Gasteiger partial charge >= 0.3 is 12.1 Å². The van der Waals surface area contributed by atoms with Crippen LogP contribution < -0.4 is 5.32 Å². The Morgan fingerprint density at radius 3 is 2.06 bits per heavy atom. The van der Waals surface area contributed by atoms with Crippen LogP contribution in [0.1, 0.15) is 25.0 Å². The average molecular weight is 522 g/mol. The molecule has 2 atom stereocenters. The number of hydrogen-bond acceptors (Lipinski definition) is 7. The van der Waals surface area contributed by atoms with E-state index in [1.54, 1.807) is 0 Å². The molecule has 2 N–H and O–H groups in total. The van der Waals surface area contributed by atoms with Crippen LogP contribution in [-0.4, -0.2) is 79.6 Å². The van der Waals surface area contributed by atoms with Gasteiger partial charge < -0.3 is 19.9 Å². The highest BCUT2D eigenvalue weighted by Crippen LogP contribution is 2.21. The number of aliphatic hydroxyl groups is 1. The maximum absolute atomic E-state index is 13.1. The molecule has 198 valence electrons. The molecule has 2 aromatic rings. The molecule has 10 nitrogen and oxygen atoms in total. The van der Waals surface area contributed by atoms with E-state index in [4.69, 9.17) is 9.47 Å². The Hall–Kier alpha value is -2.99. The minimum absolute atomic E-state index is 0.0442. The Balaban J connectivity index is 2.14. The zero-order valence-corrected chi connectivity index (χ0v) is 22.1. The van der Waals surface area contributed by atoms with Gasteiger partial charge in [0.1, 0.15) is 12.1 Å². The summed E-state index contributed by atoms with van der Waals surface area (Å²) in [5.74, 6) is -0.729.